The maximum atomic E-state index is 12.3. The third kappa shape index (κ3) is 1.04. The zero-order valence-corrected chi connectivity index (χ0v) is 11.3. The molecule has 5 aliphatic rings. The van der Waals surface area contributed by atoms with Crippen molar-refractivity contribution >= 4 is 11.9 Å². The molecule has 2 saturated heterocycles. The van der Waals surface area contributed by atoms with Gasteiger partial charge in [0.25, 0.3) is 0 Å². The van der Waals surface area contributed by atoms with Crippen LogP contribution in [0, 0.1) is 17.3 Å². The van der Waals surface area contributed by atoms with E-state index in [-0.39, 0.29) is 42.6 Å². The van der Waals surface area contributed by atoms with E-state index in [1.54, 1.807) is 6.08 Å². The summed E-state index contributed by atoms with van der Waals surface area (Å²) in [7, 11) is 0. The summed E-state index contributed by atoms with van der Waals surface area (Å²) in [5, 5.41) is 0. The summed E-state index contributed by atoms with van der Waals surface area (Å²) in [5.41, 5.74) is 0.167. The molecule has 20 heavy (non-hydrogen) atoms. The van der Waals surface area contributed by atoms with Crippen LogP contribution in [0.1, 0.15) is 26.2 Å². The van der Waals surface area contributed by atoms with Gasteiger partial charge in [-0.2, -0.15) is 0 Å². The van der Waals surface area contributed by atoms with Crippen molar-refractivity contribution in [1.82, 2.24) is 0 Å². The first-order valence-corrected chi connectivity index (χ1v) is 7.34. The lowest BCUT2D eigenvalue weighted by molar-refractivity contribution is -0.149. The fourth-order valence-electron chi connectivity index (χ4n) is 5.09. The molecule has 0 radical (unpaired) electrons. The van der Waals surface area contributed by atoms with Crippen LogP contribution in [0.5, 0.6) is 0 Å². The summed E-state index contributed by atoms with van der Waals surface area (Å²) in [6, 6.07) is 0. The van der Waals surface area contributed by atoms with Crippen molar-refractivity contribution in [2.45, 2.75) is 44.0 Å². The maximum Gasteiger partial charge on any atom is 0.330 e. The Morgan fingerprint density at radius 3 is 3.05 bits per heavy atom. The zero-order chi connectivity index (χ0) is 13.7. The van der Waals surface area contributed by atoms with Crippen LogP contribution in [0.25, 0.3) is 0 Å². The van der Waals surface area contributed by atoms with Gasteiger partial charge in [0.1, 0.15) is 18.8 Å². The van der Waals surface area contributed by atoms with E-state index in [2.05, 4.69) is 0 Å². The number of cyclic esters (lactones) is 1. The molecule has 106 valence electrons. The Morgan fingerprint density at radius 2 is 2.20 bits per heavy atom. The van der Waals surface area contributed by atoms with Crippen LogP contribution in [-0.2, 0) is 23.8 Å². The zero-order valence-electron chi connectivity index (χ0n) is 11.3. The predicted molar refractivity (Wildman–Crippen MR) is 65.5 cm³/mol. The molecule has 2 aliphatic carbocycles. The topological polar surface area (TPSA) is 65.1 Å². The summed E-state index contributed by atoms with van der Waals surface area (Å²) in [6.45, 7) is 2.29. The molecule has 2 saturated carbocycles. The van der Waals surface area contributed by atoms with E-state index in [4.69, 9.17) is 14.2 Å². The third-order valence-corrected chi connectivity index (χ3v) is 6.07. The smallest absolute Gasteiger partial charge is 0.330 e. The molecule has 3 aliphatic heterocycles. The Balaban J connectivity index is 1.68. The maximum absolute atomic E-state index is 12.3. The number of fused-ring (bicyclic) bond motifs is 2. The van der Waals surface area contributed by atoms with Crippen LogP contribution in [0.4, 0.5) is 0 Å². The lowest BCUT2D eigenvalue weighted by Gasteiger charge is -2.45. The Bertz CT molecular complexity index is 581. The number of carbonyl (C=O) groups excluding carboxylic acids is 2. The van der Waals surface area contributed by atoms with E-state index < -0.39 is 11.0 Å². The van der Waals surface area contributed by atoms with Gasteiger partial charge in [-0.3, -0.25) is 4.79 Å². The molecule has 3 heterocycles. The standard InChI is InChI=1S/C15H16O5/c1-14-4-2-3-7-8-5-9(16)18-6-15(8)12(20-15)11(10(7)14)19-13(14)17/h5,7,10-12H,2-4,6H2,1H3. The number of carbonyl (C=O) groups is 2. The van der Waals surface area contributed by atoms with E-state index in [1.165, 1.54) is 0 Å². The van der Waals surface area contributed by atoms with Crippen molar-refractivity contribution in [1.29, 1.82) is 0 Å². The third-order valence-electron chi connectivity index (χ3n) is 6.07. The molecule has 5 nitrogen and oxygen atoms in total. The van der Waals surface area contributed by atoms with Crippen LogP contribution in [0.3, 0.4) is 0 Å². The fraction of sp³-hybridized carbons (Fsp3) is 0.733. The van der Waals surface area contributed by atoms with Gasteiger partial charge >= 0.3 is 11.9 Å². The molecule has 4 fully saturated rings. The second kappa shape index (κ2) is 3.11. The molecule has 0 N–H and O–H groups in total. The Labute approximate surface area is 116 Å². The molecule has 6 atom stereocenters. The fourth-order valence-corrected chi connectivity index (χ4v) is 5.09. The molecule has 0 aromatic carbocycles. The van der Waals surface area contributed by atoms with Crippen molar-refractivity contribution in [3.05, 3.63) is 11.6 Å². The van der Waals surface area contributed by atoms with Gasteiger partial charge in [-0.15, -0.1) is 0 Å². The van der Waals surface area contributed by atoms with Crippen molar-refractivity contribution in [2.24, 2.45) is 17.3 Å². The summed E-state index contributed by atoms with van der Waals surface area (Å²) >= 11 is 0. The summed E-state index contributed by atoms with van der Waals surface area (Å²) in [5.74, 6) is 0.00325. The second-order valence-electron chi connectivity index (χ2n) is 6.95. The highest BCUT2D eigenvalue weighted by Crippen LogP contribution is 2.66. The molecule has 0 bridgehead atoms. The van der Waals surface area contributed by atoms with Gasteiger partial charge in [0.05, 0.1) is 5.41 Å². The number of rotatable bonds is 0. The largest absolute Gasteiger partial charge is 0.459 e. The van der Waals surface area contributed by atoms with E-state index in [9.17, 15) is 9.59 Å². The van der Waals surface area contributed by atoms with Crippen LogP contribution in [0.15, 0.2) is 11.6 Å². The van der Waals surface area contributed by atoms with E-state index >= 15 is 0 Å². The molecule has 5 heteroatoms. The molecular weight excluding hydrogens is 260 g/mol. The lowest BCUT2D eigenvalue weighted by Crippen LogP contribution is -2.52. The normalized spacial score (nSPS) is 55.0. The SMILES string of the molecule is CC12CCCC3C4=CC(=O)OCC45OC5C(OC1=O)C32. The summed E-state index contributed by atoms with van der Waals surface area (Å²) in [6.07, 6.45) is 4.20. The van der Waals surface area contributed by atoms with Crippen molar-refractivity contribution in [3.63, 3.8) is 0 Å². The van der Waals surface area contributed by atoms with E-state index in [0.29, 0.717) is 0 Å². The Hall–Kier alpha value is -1.36. The van der Waals surface area contributed by atoms with Gasteiger partial charge in [-0.25, -0.2) is 4.79 Å². The Kier molecular flexibility index (Phi) is 1.76. The second-order valence-corrected chi connectivity index (χ2v) is 6.95. The minimum atomic E-state index is -0.484. The first-order chi connectivity index (χ1) is 9.56. The summed E-state index contributed by atoms with van der Waals surface area (Å²) < 4.78 is 16.7. The molecular formula is C15H16O5. The number of esters is 2. The quantitative estimate of drug-likeness (QED) is 0.487. The number of hydrogen-bond acceptors (Lipinski definition) is 5. The van der Waals surface area contributed by atoms with Crippen LogP contribution < -0.4 is 0 Å². The monoisotopic (exact) mass is 276 g/mol. The minimum absolute atomic E-state index is 0.0886. The highest BCUT2D eigenvalue weighted by atomic mass is 16.7. The predicted octanol–water partition coefficient (Wildman–Crippen LogP) is 0.969. The first kappa shape index (κ1) is 11.3. The van der Waals surface area contributed by atoms with Crippen molar-refractivity contribution in [3.8, 4) is 0 Å². The van der Waals surface area contributed by atoms with Crippen molar-refractivity contribution < 1.29 is 23.8 Å². The molecule has 1 spiro atoms. The minimum Gasteiger partial charge on any atom is -0.459 e. The average molecular weight is 276 g/mol. The molecule has 0 aromatic heterocycles. The number of ether oxygens (including phenoxy) is 3. The first-order valence-electron chi connectivity index (χ1n) is 7.34. The van der Waals surface area contributed by atoms with Crippen LogP contribution in [0.2, 0.25) is 0 Å². The van der Waals surface area contributed by atoms with Gasteiger partial charge < -0.3 is 14.2 Å². The average Bonchev–Trinajstić information content (AvgIpc) is 3.08. The van der Waals surface area contributed by atoms with E-state index in [1.807, 2.05) is 6.92 Å². The van der Waals surface area contributed by atoms with Gasteiger partial charge in [0, 0.05) is 12.0 Å². The Morgan fingerprint density at radius 1 is 1.35 bits per heavy atom. The highest BCUT2D eigenvalue weighted by Gasteiger charge is 2.77. The molecule has 6 unspecified atom stereocenters. The molecule has 0 amide bonds. The van der Waals surface area contributed by atoms with Gasteiger partial charge in [0.2, 0.25) is 0 Å². The van der Waals surface area contributed by atoms with E-state index in [0.717, 1.165) is 24.8 Å². The lowest BCUT2D eigenvalue weighted by atomic mass is 9.55. The van der Waals surface area contributed by atoms with Gasteiger partial charge in [-0.05, 0) is 31.3 Å². The van der Waals surface area contributed by atoms with Crippen LogP contribution >= 0.6 is 0 Å². The van der Waals surface area contributed by atoms with Gasteiger partial charge in [0.15, 0.2) is 5.60 Å². The molecule has 5 rings (SSSR count). The highest BCUT2D eigenvalue weighted by molar-refractivity contribution is 5.86. The van der Waals surface area contributed by atoms with Crippen LogP contribution in [-0.4, -0.2) is 36.4 Å². The number of epoxide rings is 1. The van der Waals surface area contributed by atoms with Crippen molar-refractivity contribution in [2.75, 3.05) is 6.61 Å². The number of hydrogen-bond donors (Lipinski definition) is 0. The summed E-state index contributed by atoms with van der Waals surface area (Å²) in [4.78, 5) is 23.9. The molecule has 0 aromatic rings. The van der Waals surface area contributed by atoms with Gasteiger partial charge in [-0.1, -0.05) is 6.42 Å².